The number of halogens is 1. The molecule has 0 aliphatic rings. The van der Waals surface area contributed by atoms with Crippen LogP contribution in [-0.4, -0.2) is 29.5 Å². The van der Waals surface area contributed by atoms with Gasteiger partial charge in [-0.3, -0.25) is 4.79 Å². The van der Waals surface area contributed by atoms with Crippen LogP contribution in [0.5, 0.6) is 0 Å². The van der Waals surface area contributed by atoms with Crippen LogP contribution < -0.4 is 5.32 Å². The van der Waals surface area contributed by atoms with Crippen LogP contribution in [0.2, 0.25) is 0 Å². The summed E-state index contributed by atoms with van der Waals surface area (Å²) in [5.74, 6) is -0.627. The van der Waals surface area contributed by atoms with Crippen molar-refractivity contribution in [1.82, 2.24) is 10.2 Å². The number of likely N-dealkylation sites (N-methyl/N-ethyl adjacent to an activating group) is 1. The molecule has 0 bridgehead atoms. The maximum Gasteiger partial charge on any atom is 0.408 e. The fourth-order valence-corrected chi connectivity index (χ4v) is 2.52. The summed E-state index contributed by atoms with van der Waals surface area (Å²) in [6.45, 7) is 5.56. The van der Waals surface area contributed by atoms with Crippen molar-refractivity contribution in [3.8, 4) is 0 Å². The Balaban J connectivity index is 2.17. The second-order valence-corrected chi connectivity index (χ2v) is 7.31. The van der Waals surface area contributed by atoms with Crippen LogP contribution in [0.3, 0.4) is 0 Å². The van der Waals surface area contributed by atoms with Gasteiger partial charge < -0.3 is 15.0 Å². The van der Waals surface area contributed by atoms with Gasteiger partial charge in [-0.25, -0.2) is 9.18 Å². The van der Waals surface area contributed by atoms with Gasteiger partial charge in [0.2, 0.25) is 5.91 Å². The topological polar surface area (TPSA) is 58.6 Å². The molecule has 0 spiro atoms. The van der Waals surface area contributed by atoms with Crippen LogP contribution in [0.15, 0.2) is 54.6 Å². The summed E-state index contributed by atoms with van der Waals surface area (Å²) in [6, 6.07) is 14.0. The quantitative estimate of drug-likeness (QED) is 0.861. The maximum absolute atomic E-state index is 13.1. The van der Waals surface area contributed by atoms with E-state index in [0.29, 0.717) is 12.1 Å². The molecule has 2 aromatic carbocycles. The van der Waals surface area contributed by atoms with Crippen LogP contribution in [-0.2, 0) is 16.1 Å². The molecule has 144 valence electrons. The number of nitrogens with zero attached hydrogens (tertiary/aromatic N) is 1. The zero-order valence-electron chi connectivity index (χ0n) is 16.0. The lowest BCUT2D eigenvalue weighted by Crippen LogP contribution is -2.43. The number of hydrogen-bond donors (Lipinski definition) is 1. The van der Waals surface area contributed by atoms with Crippen LogP contribution in [0.1, 0.15) is 37.9 Å². The molecule has 2 rings (SSSR count). The second kappa shape index (κ2) is 8.66. The SMILES string of the molecule is CN(Cc1ccc(F)cc1)C(=O)C(NC(=O)OC(C)(C)C)c1ccccc1. The van der Waals surface area contributed by atoms with Crippen molar-refractivity contribution < 1.29 is 18.7 Å². The van der Waals surface area contributed by atoms with Gasteiger partial charge in [0.15, 0.2) is 0 Å². The lowest BCUT2D eigenvalue weighted by atomic mass is 10.1. The van der Waals surface area contributed by atoms with E-state index < -0.39 is 17.7 Å². The number of rotatable bonds is 5. The van der Waals surface area contributed by atoms with E-state index in [1.807, 2.05) is 6.07 Å². The number of alkyl carbamates (subject to hydrolysis) is 1. The van der Waals surface area contributed by atoms with E-state index in [4.69, 9.17) is 4.74 Å². The Morgan fingerprint density at radius 2 is 1.67 bits per heavy atom. The van der Waals surface area contributed by atoms with Crippen molar-refractivity contribution in [2.45, 2.75) is 39.0 Å². The molecule has 0 heterocycles. The summed E-state index contributed by atoms with van der Waals surface area (Å²) in [4.78, 5) is 26.7. The molecular formula is C21H25FN2O3. The van der Waals surface area contributed by atoms with Gasteiger partial charge in [-0.05, 0) is 44.0 Å². The Hall–Kier alpha value is -2.89. The number of benzene rings is 2. The first-order valence-electron chi connectivity index (χ1n) is 8.69. The molecule has 5 nitrogen and oxygen atoms in total. The van der Waals surface area contributed by atoms with Crippen LogP contribution >= 0.6 is 0 Å². The molecule has 0 fully saturated rings. The molecule has 1 unspecified atom stereocenters. The van der Waals surface area contributed by atoms with Crippen molar-refractivity contribution in [2.24, 2.45) is 0 Å². The molecule has 6 heteroatoms. The fraction of sp³-hybridized carbons (Fsp3) is 0.333. The number of carbonyl (C=O) groups is 2. The molecule has 2 amide bonds. The Morgan fingerprint density at radius 3 is 2.22 bits per heavy atom. The third-order valence-corrected chi connectivity index (χ3v) is 3.75. The Morgan fingerprint density at radius 1 is 1.07 bits per heavy atom. The van der Waals surface area contributed by atoms with Crippen molar-refractivity contribution in [1.29, 1.82) is 0 Å². The molecule has 0 aromatic heterocycles. The largest absolute Gasteiger partial charge is 0.444 e. The van der Waals surface area contributed by atoms with Crippen LogP contribution in [0.25, 0.3) is 0 Å². The van der Waals surface area contributed by atoms with Crippen molar-refractivity contribution in [3.05, 3.63) is 71.5 Å². The Labute approximate surface area is 159 Å². The molecule has 0 aliphatic heterocycles. The average Bonchev–Trinajstić information content (AvgIpc) is 2.60. The third kappa shape index (κ3) is 6.40. The van der Waals surface area contributed by atoms with Crippen LogP contribution in [0.4, 0.5) is 9.18 Å². The fourth-order valence-electron chi connectivity index (χ4n) is 2.52. The summed E-state index contributed by atoms with van der Waals surface area (Å²) in [5, 5.41) is 2.65. The zero-order valence-corrected chi connectivity index (χ0v) is 16.0. The number of hydrogen-bond acceptors (Lipinski definition) is 3. The van der Waals surface area contributed by atoms with Gasteiger partial charge in [0.1, 0.15) is 17.5 Å². The molecule has 0 saturated heterocycles. The van der Waals surface area contributed by atoms with E-state index in [9.17, 15) is 14.0 Å². The number of ether oxygens (including phenoxy) is 1. The van der Waals surface area contributed by atoms with Gasteiger partial charge in [0.05, 0.1) is 0 Å². The standard InChI is InChI=1S/C21H25FN2O3/c1-21(2,3)27-20(26)23-18(16-8-6-5-7-9-16)19(25)24(4)14-15-10-12-17(22)13-11-15/h5-13,18H,14H2,1-4H3,(H,23,26). The molecule has 0 saturated carbocycles. The number of carbonyl (C=O) groups excluding carboxylic acids is 2. The minimum absolute atomic E-state index is 0.290. The smallest absolute Gasteiger partial charge is 0.408 e. The predicted molar refractivity (Wildman–Crippen MR) is 101 cm³/mol. The van der Waals surface area contributed by atoms with Gasteiger partial charge in [-0.1, -0.05) is 42.5 Å². The molecule has 0 radical (unpaired) electrons. The molecule has 0 aliphatic carbocycles. The van der Waals surface area contributed by atoms with Crippen LogP contribution in [0, 0.1) is 5.82 Å². The minimum Gasteiger partial charge on any atom is -0.444 e. The van der Waals surface area contributed by atoms with E-state index in [-0.39, 0.29) is 11.7 Å². The molecular weight excluding hydrogens is 347 g/mol. The molecule has 27 heavy (non-hydrogen) atoms. The highest BCUT2D eigenvalue weighted by molar-refractivity contribution is 5.86. The molecule has 1 atom stereocenters. The first-order chi connectivity index (χ1) is 12.7. The molecule has 1 N–H and O–H groups in total. The Bertz CT molecular complexity index is 770. The summed E-state index contributed by atoms with van der Waals surface area (Å²) in [5.41, 5.74) is 0.768. The average molecular weight is 372 g/mol. The van der Waals surface area contributed by atoms with Crippen molar-refractivity contribution in [3.63, 3.8) is 0 Å². The van der Waals surface area contributed by atoms with Gasteiger partial charge in [0, 0.05) is 13.6 Å². The number of nitrogens with one attached hydrogen (secondary N) is 1. The lowest BCUT2D eigenvalue weighted by Gasteiger charge is -2.27. The van der Waals surface area contributed by atoms with Crippen molar-refractivity contribution in [2.75, 3.05) is 7.05 Å². The normalized spacial score (nSPS) is 12.2. The van der Waals surface area contributed by atoms with E-state index >= 15 is 0 Å². The van der Waals surface area contributed by atoms with Gasteiger partial charge in [0.25, 0.3) is 0 Å². The Kier molecular flexibility index (Phi) is 6.55. The summed E-state index contributed by atoms with van der Waals surface area (Å²) in [6.07, 6.45) is -0.667. The zero-order chi connectivity index (χ0) is 20.0. The summed E-state index contributed by atoms with van der Waals surface area (Å²) < 4.78 is 18.4. The highest BCUT2D eigenvalue weighted by Gasteiger charge is 2.28. The number of amides is 2. The highest BCUT2D eigenvalue weighted by Crippen LogP contribution is 2.18. The highest BCUT2D eigenvalue weighted by atomic mass is 19.1. The van der Waals surface area contributed by atoms with Gasteiger partial charge >= 0.3 is 6.09 Å². The van der Waals surface area contributed by atoms with E-state index in [2.05, 4.69) is 5.32 Å². The third-order valence-electron chi connectivity index (χ3n) is 3.75. The minimum atomic E-state index is -0.883. The summed E-state index contributed by atoms with van der Waals surface area (Å²) >= 11 is 0. The summed E-state index contributed by atoms with van der Waals surface area (Å²) in [7, 11) is 1.64. The lowest BCUT2D eigenvalue weighted by molar-refractivity contribution is -0.132. The monoisotopic (exact) mass is 372 g/mol. The maximum atomic E-state index is 13.1. The first kappa shape index (κ1) is 20.4. The second-order valence-electron chi connectivity index (χ2n) is 7.31. The van der Waals surface area contributed by atoms with Crippen molar-refractivity contribution >= 4 is 12.0 Å². The van der Waals surface area contributed by atoms with E-state index in [1.54, 1.807) is 64.2 Å². The molecule has 2 aromatic rings. The van der Waals surface area contributed by atoms with Gasteiger partial charge in [-0.15, -0.1) is 0 Å². The first-order valence-corrected chi connectivity index (χ1v) is 8.69. The van der Waals surface area contributed by atoms with E-state index in [1.165, 1.54) is 17.0 Å². The predicted octanol–water partition coefficient (Wildman–Crippen LogP) is 4.05. The van der Waals surface area contributed by atoms with Gasteiger partial charge in [-0.2, -0.15) is 0 Å². The van der Waals surface area contributed by atoms with E-state index in [0.717, 1.165) is 5.56 Å².